The maximum atomic E-state index is 11.7. The summed E-state index contributed by atoms with van der Waals surface area (Å²) >= 11 is 0. The van der Waals surface area contributed by atoms with Crippen LogP contribution in [-0.2, 0) is 9.59 Å². The lowest BCUT2D eigenvalue weighted by Crippen LogP contribution is -2.24. The van der Waals surface area contributed by atoms with Gasteiger partial charge in [0.25, 0.3) is 0 Å². The van der Waals surface area contributed by atoms with Crippen molar-refractivity contribution in [2.45, 2.75) is 46.5 Å². The summed E-state index contributed by atoms with van der Waals surface area (Å²) in [6.45, 7) is 9.34. The maximum absolute atomic E-state index is 11.7. The second-order valence-corrected chi connectivity index (χ2v) is 4.43. The average molecular weight is 212 g/mol. The Hall–Kier alpha value is -1.12. The molecule has 0 fully saturated rings. The normalized spacial score (nSPS) is 11.1. The Kier molecular flexibility index (Phi) is 5.26. The Bertz CT molecular complexity index is 264. The van der Waals surface area contributed by atoms with Crippen molar-refractivity contribution >= 4 is 11.8 Å². The standard InChI is InChI=1S/C12H20O3/c1-9(2)12(3,4)10(13)7-5-6-8-11(14)15/h1,5-8H2,2-4H3,(H,14,15). The number of carbonyl (C=O) groups is 2. The van der Waals surface area contributed by atoms with Crippen LogP contribution in [0.2, 0.25) is 0 Å². The summed E-state index contributed by atoms with van der Waals surface area (Å²) in [5.41, 5.74) is 0.370. The number of rotatable bonds is 7. The molecule has 3 nitrogen and oxygen atoms in total. The predicted molar refractivity (Wildman–Crippen MR) is 59.7 cm³/mol. The molecule has 0 aromatic rings. The number of carboxylic acids is 1. The number of aliphatic carboxylic acids is 1. The minimum atomic E-state index is -0.804. The number of ketones is 1. The summed E-state index contributed by atoms with van der Waals surface area (Å²) in [6, 6.07) is 0. The van der Waals surface area contributed by atoms with E-state index >= 15 is 0 Å². The van der Waals surface area contributed by atoms with Gasteiger partial charge in [-0.05, 0) is 33.6 Å². The number of carbonyl (C=O) groups excluding carboxylic acids is 1. The van der Waals surface area contributed by atoms with Crippen LogP contribution in [0.5, 0.6) is 0 Å². The second kappa shape index (κ2) is 5.69. The number of allylic oxidation sites excluding steroid dienone is 1. The highest BCUT2D eigenvalue weighted by atomic mass is 16.4. The van der Waals surface area contributed by atoms with Crippen LogP contribution in [0.1, 0.15) is 46.5 Å². The molecular formula is C12H20O3. The molecule has 0 rings (SSSR count). The second-order valence-electron chi connectivity index (χ2n) is 4.43. The third kappa shape index (κ3) is 4.77. The molecule has 86 valence electrons. The summed E-state index contributed by atoms with van der Waals surface area (Å²) in [4.78, 5) is 22.0. The highest BCUT2D eigenvalue weighted by Crippen LogP contribution is 2.27. The summed E-state index contributed by atoms with van der Waals surface area (Å²) in [6.07, 6.45) is 1.78. The molecule has 0 spiro atoms. The van der Waals surface area contributed by atoms with Gasteiger partial charge in [-0.3, -0.25) is 9.59 Å². The van der Waals surface area contributed by atoms with Crippen molar-refractivity contribution in [1.29, 1.82) is 0 Å². The fraction of sp³-hybridized carbons (Fsp3) is 0.667. The highest BCUT2D eigenvalue weighted by Gasteiger charge is 2.27. The molecule has 0 aliphatic carbocycles. The van der Waals surface area contributed by atoms with Crippen molar-refractivity contribution in [3.05, 3.63) is 12.2 Å². The Labute approximate surface area is 91.2 Å². The first kappa shape index (κ1) is 13.9. The maximum Gasteiger partial charge on any atom is 0.303 e. The van der Waals surface area contributed by atoms with Gasteiger partial charge in [0.1, 0.15) is 5.78 Å². The summed E-state index contributed by atoms with van der Waals surface area (Å²) < 4.78 is 0. The summed E-state index contributed by atoms with van der Waals surface area (Å²) in [7, 11) is 0. The SMILES string of the molecule is C=C(C)C(C)(C)C(=O)CCCCC(=O)O. The molecule has 1 N–H and O–H groups in total. The van der Waals surface area contributed by atoms with E-state index in [1.165, 1.54) is 0 Å². The van der Waals surface area contributed by atoms with E-state index in [4.69, 9.17) is 5.11 Å². The largest absolute Gasteiger partial charge is 0.481 e. The Balaban J connectivity index is 3.94. The first-order valence-electron chi connectivity index (χ1n) is 5.19. The predicted octanol–water partition coefficient (Wildman–Crippen LogP) is 2.80. The van der Waals surface area contributed by atoms with Crippen molar-refractivity contribution in [3.8, 4) is 0 Å². The van der Waals surface area contributed by atoms with E-state index in [0.717, 1.165) is 5.57 Å². The van der Waals surface area contributed by atoms with Gasteiger partial charge >= 0.3 is 5.97 Å². The number of Topliss-reactive ketones (excluding diaryl/α,β-unsaturated/α-hetero) is 1. The fourth-order valence-electron chi connectivity index (χ4n) is 1.11. The highest BCUT2D eigenvalue weighted by molar-refractivity contribution is 5.86. The van der Waals surface area contributed by atoms with Crippen LogP contribution in [0.15, 0.2) is 12.2 Å². The third-order valence-electron chi connectivity index (χ3n) is 2.81. The summed E-state index contributed by atoms with van der Waals surface area (Å²) in [5, 5.41) is 8.43. The van der Waals surface area contributed by atoms with Gasteiger partial charge in [0.2, 0.25) is 0 Å². The molecule has 0 heterocycles. The van der Waals surface area contributed by atoms with E-state index in [-0.39, 0.29) is 12.2 Å². The topological polar surface area (TPSA) is 54.4 Å². The van der Waals surface area contributed by atoms with Gasteiger partial charge in [-0.15, -0.1) is 0 Å². The van der Waals surface area contributed by atoms with Crippen molar-refractivity contribution in [2.75, 3.05) is 0 Å². The van der Waals surface area contributed by atoms with Crippen LogP contribution >= 0.6 is 0 Å². The Morgan fingerprint density at radius 2 is 1.67 bits per heavy atom. The first-order valence-corrected chi connectivity index (χ1v) is 5.19. The first-order chi connectivity index (χ1) is 6.78. The van der Waals surface area contributed by atoms with Crippen LogP contribution < -0.4 is 0 Å². The molecule has 0 amide bonds. The Morgan fingerprint density at radius 1 is 1.20 bits per heavy atom. The van der Waals surface area contributed by atoms with E-state index in [1.54, 1.807) is 0 Å². The average Bonchev–Trinajstić information content (AvgIpc) is 2.11. The van der Waals surface area contributed by atoms with Gasteiger partial charge in [0, 0.05) is 18.3 Å². The molecule has 0 aromatic carbocycles. The molecule has 0 aromatic heterocycles. The van der Waals surface area contributed by atoms with E-state index in [0.29, 0.717) is 19.3 Å². The van der Waals surface area contributed by atoms with Crippen molar-refractivity contribution < 1.29 is 14.7 Å². The van der Waals surface area contributed by atoms with E-state index in [1.807, 2.05) is 20.8 Å². The van der Waals surface area contributed by atoms with Crippen LogP contribution in [-0.4, -0.2) is 16.9 Å². The lowest BCUT2D eigenvalue weighted by molar-refractivity contribution is -0.137. The molecule has 0 aliphatic rings. The number of hydrogen-bond donors (Lipinski definition) is 1. The van der Waals surface area contributed by atoms with E-state index < -0.39 is 11.4 Å². The van der Waals surface area contributed by atoms with Gasteiger partial charge in [0.05, 0.1) is 0 Å². The van der Waals surface area contributed by atoms with Gasteiger partial charge in [-0.2, -0.15) is 0 Å². The quantitative estimate of drug-likeness (QED) is 0.521. The van der Waals surface area contributed by atoms with Crippen LogP contribution in [0.3, 0.4) is 0 Å². The Morgan fingerprint density at radius 3 is 2.07 bits per heavy atom. The lowest BCUT2D eigenvalue weighted by Gasteiger charge is -2.23. The zero-order valence-electron chi connectivity index (χ0n) is 9.80. The van der Waals surface area contributed by atoms with E-state index in [9.17, 15) is 9.59 Å². The lowest BCUT2D eigenvalue weighted by atomic mass is 9.80. The molecule has 0 radical (unpaired) electrons. The molecule has 0 saturated carbocycles. The van der Waals surface area contributed by atoms with Gasteiger partial charge in [-0.1, -0.05) is 12.2 Å². The molecule has 15 heavy (non-hydrogen) atoms. The molecule has 3 heteroatoms. The zero-order valence-corrected chi connectivity index (χ0v) is 9.80. The zero-order chi connectivity index (χ0) is 12.1. The molecule has 0 bridgehead atoms. The fourth-order valence-corrected chi connectivity index (χ4v) is 1.11. The van der Waals surface area contributed by atoms with Crippen molar-refractivity contribution in [1.82, 2.24) is 0 Å². The molecular weight excluding hydrogens is 192 g/mol. The number of carboxylic acid groups (broad SMARTS) is 1. The minimum absolute atomic E-state index is 0.139. The van der Waals surface area contributed by atoms with Gasteiger partial charge < -0.3 is 5.11 Å². The molecule has 0 aliphatic heterocycles. The van der Waals surface area contributed by atoms with Crippen LogP contribution in [0.25, 0.3) is 0 Å². The van der Waals surface area contributed by atoms with Crippen molar-refractivity contribution in [2.24, 2.45) is 5.41 Å². The molecule has 0 saturated heterocycles. The van der Waals surface area contributed by atoms with Gasteiger partial charge in [-0.25, -0.2) is 0 Å². The van der Waals surface area contributed by atoms with Crippen LogP contribution in [0.4, 0.5) is 0 Å². The van der Waals surface area contributed by atoms with Gasteiger partial charge in [0.15, 0.2) is 0 Å². The monoisotopic (exact) mass is 212 g/mol. The van der Waals surface area contributed by atoms with E-state index in [2.05, 4.69) is 6.58 Å². The molecule has 0 atom stereocenters. The number of unbranched alkanes of at least 4 members (excludes halogenated alkanes) is 1. The third-order valence-corrected chi connectivity index (χ3v) is 2.81. The number of hydrogen-bond acceptors (Lipinski definition) is 2. The summed E-state index contributed by atoms with van der Waals surface area (Å²) in [5.74, 6) is -0.665. The minimum Gasteiger partial charge on any atom is -0.481 e. The smallest absolute Gasteiger partial charge is 0.303 e. The van der Waals surface area contributed by atoms with Crippen molar-refractivity contribution in [3.63, 3.8) is 0 Å². The van der Waals surface area contributed by atoms with Crippen LogP contribution in [0, 0.1) is 5.41 Å². The molecule has 0 unspecified atom stereocenters.